The molecule has 8 nitrogen and oxygen atoms in total. The first-order chi connectivity index (χ1) is 13.3. The van der Waals surface area contributed by atoms with Gasteiger partial charge in [0.15, 0.2) is 9.84 Å². The lowest BCUT2D eigenvalue weighted by Gasteiger charge is -2.10. The molecule has 156 valence electrons. The van der Waals surface area contributed by atoms with Crippen LogP contribution in [0.4, 0.5) is 24.5 Å². The van der Waals surface area contributed by atoms with E-state index in [-0.39, 0.29) is 10.6 Å². The molecule has 0 aliphatic carbocycles. The second kappa shape index (κ2) is 8.29. The van der Waals surface area contributed by atoms with Crippen molar-refractivity contribution in [1.82, 2.24) is 0 Å². The first-order valence-corrected chi connectivity index (χ1v) is 10.8. The van der Waals surface area contributed by atoms with Gasteiger partial charge in [0.2, 0.25) is 5.91 Å². The molecule has 0 bridgehead atoms. The zero-order chi connectivity index (χ0) is 22.0. The lowest BCUT2D eigenvalue weighted by molar-refractivity contribution is -0.388. The van der Waals surface area contributed by atoms with E-state index in [2.05, 4.69) is 0 Å². The molecule has 1 atom stereocenters. The maximum absolute atomic E-state index is 12.7. The molecule has 0 saturated heterocycles. The summed E-state index contributed by atoms with van der Waals surface area (Å²) in [5, 5.41) is 13.2. The van der Waals surface area contributed by atoms with Crippen molar-refractivity contribution >= 4 is 37.9 Å². The van der Waals surface area contributed by atoms with Gasteiger partial charge >= 0.3 is 6.18 Å². The SMILES string of the molecule is CS(=O)c1ccc(S(=O)(=O)CC(=O)Nc2cccc(C(F)(F)F)c2)c([N+](=O)[O-])c1. The van der Waals surface area contributed by atoms with Crippen LogP contribution in [0.25, 0.3) is 0 Å². The minimum atomic E-state index is -4.66. The quantitative estimate of drug-likeness (QED) is 0.533. The third-order valence-corrected chi connectivity index (χ3v) is 6.16. The highest BCUT2D eigenvalue weighted by atomic mass is 32.2. The van der Waals surface area contributed by atoms with Crippen LogP contribution in [-0.4, -0.2) is 35.5 Å². The number of carbonyl (C=O) groups excluding carboxylic acids is 1. The number of nitrogens with one attached hydrogen (secondary N) is 1. The third-order valence-electron chi connectivity index (χ3n) is 3.59. The Hall–Kier alpha value is -2.80. The van der Waals surface area contributed by atoms with Gasteiger partial charge in [-0.05, 0) is 30.3 Å². The molecule has 2 rings (SSSR count). The van der Waals surface area contributed by atoms with Crippen molar-refractivity contribution in [2.75, 3.05) is 17.3 Å². The van der Waals surface area contributed by atoms with Crippen molar-refractivity contribution in [3.8, 4) is 0 Å². The lowest BCUT2D eigenvalue weighted by atomic mass is 10.2. The summed E-state index contributed by atoms with van der Waals surface area (Å²) in [6, 6.07) is 6.36. The number of nitrogens with zero attached hydrogens (tertiary/aromatic N) is 1. The van der Waals surface area contributed by atoms with Crippen LogP contribution in [0.5, 0.6) is 0 Å². The Morgan fingerprint density at radius 1 is 1.21 bits per heavy atom. The van der Waals surface area contributed by atoms with Crippen LogP contribution in [0.3, 0.4) is 0 Å². The zero-order valence-electron chi connectivity index (χ0n) is 14.6. The van der Waals surface area contributed by atoms with Gasteiger partial charge in [-0.1, -0.05) is 6.07 Å². The summed E-state index contributed by atoms with van der Waals surface area (Å²) < 4.78 is 74.5. The fourth-order valence-electron chi connectivity index (χ4n) is 2.30. The number of benzene rings is 2. The number of nitro benzene ring substituents is 1. The maximum atomic E-state index is 12.7. The molecule has 29 heavy (non-hydrogen) atoms. The largest absolute Gasteiger partial charge is 0.416 e. The molecule has 0 heterocycles. The second-order valence-electron chi connectivity index (χ2n) is 5.73. The highest BCUT2D eigenvalue weighted by molar-refractivity contribution is 7.92. The number of amides is 1. The predicted octanol–water partition coefficient (Wildman–Crippen LogP) is 2.76. The van der Waals surface area contributed by atoms with Crippen molar-refractivity contribution in [3.63, 3.8) is 0 Å². The minimum Gasteiger partial charge on any atom is -0.325 e. The van der Waals surface area contributed by atoms with Crippen LogP contribution in [0.1, 0.15) is 5.56 Å². The molecule has 1 amide bonds. The Morgan fingerprint density at radius 3 is 2.41 bits per heavy atom. The summed E-state index contributed by atoms with van der Waals surface area (Å²) in [5.74, 6) is -2.42. The van der Waals surface area contributed by atoms with Gasteiger partial charge in [-0.15, -0.1) is 0 Å². The van der Waals surface area contributed by atoms with E-state index in [0.717, 1.165) is 36.4 Å². The van der Waals surface area contributed by atoms with Crippen LogP contribution in [0, 0.1) is 10.1 Å². The molecule has 0 aliphatic rings. The van der Waals surface area contributed by atoms with Crippen molar-refractivity contribution in [3.05, 3.63) is 58.1 Å². The van der Waals surface area contributed by atoms with Gasteiger partial charge in [0.1, 0.15) is 10.6 Å². The molecular weight excluding hydrogens is 437 g/mol. The Labute approximate surface area is 165 Å². The van der Waals surface area contributed by atoms with E-state index in [0.29, 0.717) is 6.07 Å². The molecule has 0 aromatic heterocycles. The molecule has 1 N–H and O–H groups in total. The van der Waals surface area contributed by atoms with E-state index in [1.807, 2.05) is 5.32 Å². The summed E-state index contributed by atoms with van der Waals surface area (Å²) in [6.45, 7) is 0. The van der Waals surface area contributed by atoms with Crippen molar-refractivity contribution < 1.29 is 35.5 Å². The van der Waals surface area contributed by atoms with Gasteiger partial charge in [0.25, 0.3) is 5.69 Å². The van der Waals surface area contributed by atoms with E-state index >= 15 is 0 Å². The number of nitro groups is 1. The van der Waals surface area contributed by atoms with Gasteiger partial charge < -0.3 is 5.32 Å². The van der Waals surface area contributed by atoms with Crippen LogP contribution in [0.2, 0.25) is 0 Å². The maximum Gasteiger partial charge on any atom is 0.416 e. The van der Waals surface area contributed by atoms with Crippen molar-refractivity contribution in [1.29, 1.82) is 0 Å². The van der Waals surface area contributed by atoms with Gasteiger partial charge in [-0.2, -0.15) is 13.2 Å². The topological polar surface area (TPSA) is 123 Å². The number of halogens is 3. The molecule has 13 heteroatoms. The molecule has 0 saturated carbocycles. The molecule has 1 unspecified atom stereocenters. The highest BCUT2D eigenvalue weighted by Gasteiger charge is 2.31. The zero-order valence-corrected chi connectivity index (χ0v) is 16.2. The van der Waals surface area contributed by atoms with E-state index in [4.69, 9.17) is 0 Å². The number of rotatable bonds is 6. The van der Waals surface area contributed by atoms with Gasteiger partial charge in [-0.3, -0.25) is 19.1 Å². The van der Waals surface area contributed by atoms with Crippen LogP contribution >= 0.6 is 0 Å². The van der Waals surface area contributed by atoms with Gasteiger partial charge in [0.05, 0.1) is 21.3 Å². The molecule has 0 fully saturated rings. The Morgan fingerprint density at radius 2 is 1.86 bits per heavy atom. The van der Waals surface area contributed by atoms with Crippen LogP contribution < -0.4 is 5.32 Å². The average molecular weight is 450 g/mol. The normalized spacial score (nSPS) is 13.0. The number of anilines is 1. The molecular formula is C16H13F3N2O6S2. The smallest absolute Gasteiger partial charge is 0.325 e. The third kappa shape index (κ3) is 5.60. The van der Waals surface area contributed by atoms with Crippen LogP contribution in [-0.2, 0) is 31.6 Å². The Bertz CT molecular complexity index is 1100. The fourth-order valence-corrected chi connectivity index (χ4v) is 4.14. The Balaban J connectivity index is 2.29. The molecule has 0 radical (unpaired) electrons. The van der Waals surface area contributed by atoms with E-state index in [1.165, 1.54) is 6.26 Å². The van der Waals surface area contributed by atoms with E-state index < -0.39 is 59.5 Å². The van der Waals surface area contributed by atoms with Crippen LogP contribution in [0.15, 0.2) is 52.3 Å². The molecule has 0 aliphatic heterocycles. The predicted molar refractivity (Wildman–Crippen MR) is 97.6 cm³/mol. The van der Waals surface area contributed by atoms with E-state index in [9.17, 15) is 40.7 Å². The number of alkyl halides is 3. The number of carbonyl (C=O) groups is 1. The lowest BCUT2D eigenvalue weighted by Crippen LogP contribution is -2.23. The minimum absolute atomic E-state index is 0.0177. The molecule has 0 spiro atoms. The monoisotopic (exact) mass is 450 g/mol. The molecule has 2 aromatic rings. The second-order valence-corrected chi connectivity index (χ2v) is 9.06. The first-order valence-electron chi connectivity index (χ1n) is 7.63. The first kappa shape index (κ1) is 22.5. The average Bonchev–Trinajstić information content (AvgIpc) is 2.60. The summed E-state index contributed by atoms with van der Waals surface area (Å²) in [7, 11) is -6.12. The summed E-state index contributed by atoms with van der Waals surface area (Å²) in [6.07, 6.45) is -3.41. The fraction of sp³-hybridized carbons (Fsp3) is 0.188. The summed E-state index contributed by atoms with van der Waals surface area (Å²) >= 11 is 0. The van der Waals surface area contributed by atoms with E-state index in [1.54, 1.807) is 0 Å². The standard InChI is InChI=1S/C16H13F3N2O6S2/c1-28(25)12-5-6-14(13(8-12)21(23)24)29(26,27)9-15(22)20-11-4-2-3-10(7-11)16(17,18)19/h2-8H,9H2,1H3,(H,20,22). The number of hydrogen-bond acceptors (Lipinski definition) is 6. The Kier molecular flexibility index (Phi) is 6.43. The highest BCUT2D eigenvalue weighted by Crippen LogP contribution is 2.31. The summed E-state index contributed by atoms with van der Waals surface area (Å²) in [4.78, 5) is 21.5. The molecule has 2 aromatic carbocycles. The number of hydrogen-bond donors (Lipinski definition) is 1. The van der Waals surface area contributed by atoms with Gasteiger partial charge in [0, 0.05) is 22.9 Å². The summed E-state index contributed by atoms with van der Waals surface area (Å²) in [5.41, 5.74) is -2.19. The van der Waals surface area contributed by atoms with Crippen molar-refractivity contribution in [2.45, 2.75) is 16.0 Å². The van der Waals surface area contributed by atoms with Crippen molar-refractivity contribution in [2.24, 2.45) is 0 Å². The number of sulfone groups is 1. The van der Waals surface area contributed by atoms with Gasteiger partial charge in [-0.25, -0.2) is 8.42 Å².